The standard InChI is InChI=1S/C26H34N2O2/c1-18(2)24-15-10-19(3)16-25(24)30-17-26(29)28-27-20(4)21-11-13-23(14-12-21)22-8-6-5-7-9-22/h10-16,18,22H,5-9,17H2,1-4H3,(H,28,29). The molecule has 0 heterocycles. The molecule has 0 unspecified atom stereocenters. The second-order valence-corrected chi connectivity index (χ2v) is 8.67. The van der Waals surface area contributed by atoms with Crippen LogP contribution in [0.1, 0.15) is 87.0 Å². The van der Waals surface area contributed by atoms with Gasteiger partial charge < -0.3 is 4.74 Å². The first kappa shape index (κ1) is 22.1. The van der Waals surface area contributed by atoms with Crippen LogP contribution in [-0.4, -0.2) is 18.2 Å². The molecule has 0 radical (unpaired) electrons. The average molecular weight is 407 g/mol. The molecule has 2 aromatic rings. The topological polar surface area (TPSA) is 50.7 Å². The van der Waals surface area contributed by atoms with E-state index in [0.29, 0.717) is 11.8 Å². The van der Waals surface area contributed by atoms with Gasteiger partial charge in [-0.15, -0.1) is 0 Å². The molecular weight excluding hydrogens is 372 g/mol. The molecule has 30 heavy (non-hydrogen) atoms. The quantitative estimate of drug-likeness (QED) is 0.447. The van der Waals surface area contributed by atoms with Crippen LogP contribution < -0.4 is 10.2 Å². The van der Waals surface area contributed by atoms with Crippen molar-refractivity contribution in [2.75, 3.05) is 6.61 Å². The zero-order valence-corrected chi connectivity index (χ0v) is 18.7. The van der Waals surface area contributed by atoms with Gasteiger partial charge in [0.25, 0.3) is 5.91 Å². The van der Waals surface area contributed by atoms with Crippen LogP contribution in [0.4, 0.5) is 0 Å². The number of ether oxygens (including phenoxy) is 1. The van der Waals surface area contributed by atoms with Gasteiger partial charge in [-0.25, -0.2) is 5.43 Å². The Morgan fingerprint density at radius 3 is 2.47 bits per heavy atom. The van der Waals surface area contributed by atoms with Crippen molar-refractivity contribution in [3.05, 3.63) is 64.7 Å². The van der Waals surface area contributed by atoms with E-state index in [9.17, 15) is 4.79 Å². The van der Waals surface area contributed by atoms with Crippen molar-refractivity contribution < 1.29 is 9.53 Å². The van der Waals surface area contributed by atoms with E-state index in [0.717, 1.165) is 28.2 Å². The van der Waals surface area contributed by atoms with Gasteiger partial charge in [0.2, 0.25) is 0 Å². The lowest BCUT2D eigenvalue weighted by molar-refractivity contribution is -0.123. The predicted molar refractivity (Wildman–Crippen MR) is 123 cm³/mol. The fourth-order valence-electron chi connectivity index (χ4n) is 4.06. The summed E-state index contributed by atoms with van der Waals surface area (Å²) in [4.78, 5) is 12.2. The molecule has 3 rings (SSSR count). The van der Waals surface area contributed by atoms with Crippen LogP contribution in [0.15, 0.2) is 47.6 Å². The van der Waals surface area contributed by atoms with E-state index in [4.69, 9.17) is 4.74 Å². The van der Waals surface area contributed by atoms with Gasteiger partial charge in [0, 0.05) is 0 Å². The van der Waals surface area contributed by atoms with Crippen molar-refractivity contribution >= 4 is 11.6 Å². The number of amides is 1. The Morgan fingerprint density at radius 1 is 1.10 bits per heavy atom. The van der Waals surface area contributed by atoms with Crippen LogP contribution in [0.5, 0.6) is 5.75 Å². The van der Waals surface area contributed by atoms with Crippen LogP contribution in [-0.2, 0) is 4.79 Å². The van der Waals surface area contributed by atoms with Crippen LogP contribution in [0.3, 0.4) is 0 Å². The van der Waals surface area contributed by atoms with E-state index in [1.807, 2.05) is 19.9 Å². The third-order valence-corrected chi connectivity index (χ3v) is 5.90. The molecule has 0 aromatic heterocycles. The van der Waals surface area contributed by atoms with Gasteiger partial charge in [-0.1, -0.05) is 69.5 Å². The number of carbonyl (C=O) groups is 1. The van der Waals surface area contributed by atoms with Crippen molar-refractivity contribution in [3.63, 3.8) is 0 Å². The molecule has 160 valence electrons. The summed E-state index contributed by atoms with van der Waals surface area (Å²) in [6, 6.07) is 14.7. The lowest BCUT2D eigenvalue weighted by Gasteiger charge is -2.22. The first-order chi connectivity index (χ1) is 14.4. The summed E-state index contributed by atoms with van der Waals surface area (Å²) in [6.45, 7) is 8.11. The lowest BCUT2D eigenvalue weighted by Crippen LogP contribution is -2.26. The van der Waals surface area contributed by atoms with E-state index < -0.39 is 0 Å². The summed E-state index contributed by atoms with van der Waals surface area (Å²) in [6.07, 6.45) is 6.63. The summed E-state index contributed by atoms with van der Waals surface area (Å²) in [5, 5.41) is 4.26. The molecule has 0 spiro atoms. The van der Waals surface area contributed by atoms with E-state index in [2.05, 4.69) is 60.8 Å². The van der Waals surface area contributed by atoms with Gasteiger partial charge in [-0.2, -0.15) is 5.10 Å². The fraction of sp³-hybridized carbons (Fsp3) is 0.462. The molecular formula is C26H34N2O2. The lowest BCUT2D eigenvalue weighted by atomic mass is 9.84. The zero-order chi connectivity index (χ0) is 21.5. The number of benzene rings is 2. The number of carbonyl (C=O) groups excluding carboxylic acids is 1. The summed E-state index contributed by atoms with van der Waals surface area (Å²) in [5.41, 5.74) is 8.06. The van der Waals surface area contributed by atoms with Gasteiger partial charge >= 0.3 is 0 Å². The molecule has 4 heteroatoms. The van der Waals surface area contributed by atoms with Crippen molar-refractivity contribution in [1.82, 2.24) is 5.43 Å². The Kier molecular flexibility index (Phi) is 7.67. The molecule has 1 N–H and O–H groups in total. The van der Waals surface area contributed by atoms with Gasteiger partial charge in [-0.3, -0.25) is 4.79 Å². The van der Waals surface area contributed by atoms with Crippen molar-refractivity contribution in [1.29, 1.82) is 0 Å². The number of rotatable bonds is 7. The first-order valence-electron chi connectivity index (χ1n) is 11.1. The molecule has 0 bridgehead atoms. The van der Waals surface area contributed by atoms with E-state index >= 15 is 0 Å². The Labute approximate surface area is 180 Å². The molecule has 1 amide bonds. The first-order valence-corrected chi connectivity index (χ1v) is 11.1. The normalized spacial score (nSPS) is 15.3. The molecule has 2 aromatic carbocycles. The number of nitrogens with zero attached hydrogens (tertiary/aromatic N) is 1. The Hall–Kier alpha value is -2.62. The molecule has 0 atom stereocenters. The number of hydrogen-bond donors (Lipinski definition) is 1. The zero-order valence-electron chi connectivity index (χ0n) is 18.7. The maximum atomic E-state index is 12.2. The SMILES string of the molecule is CC(=NNC(=O)COc1cc(C)ccc1C(C)C)c1ccc(C2CCCCC2)cc1. The van der Waals surface area contributed by atoms with E-state index in [-0.39, 0.29) is 12.5 Å². The van der Waals surface area contributed by atoms with E-state index in [1.165, 1.54) is 37.7 Å². The second-order valence-electron chi connectivity index (χ2n) is 8.67. The fourth-order valence-corrected chi connectivity index (χ4v) is 4.06. The number of hydrogen-bond acceptors (Lipinski definition) is 3. The number of nitrogens with one attached hydrogen (secondary N) is 1. The average Bonchev–Trinajstić information content (AvgIpc) is 2.76. The van der Waals surface area contributed by atoms with Gasteiger partial charge in [0.15, 0.2) is 6.61 Å². The monoisotopic (exact) mass is 406 g/mol. The number of hydrazone groups is 1. The molecule has 1 aliphatic rings. The molecule has 1 aliphatic carbocycles. The third-order valence-electron chi connectivity index (χ3n) is 5.90. The molecule has 4 nitrogen and oxygen atoms in total. The molecule has 1 fully saturated rings. The van der Waals surface area contributed by atoms with Gasteiger partial charge in [-0.05, 0) is 66.8 Å². The Balaban J connectivity index is 1.55. The minimum absolute atomic E-state index is 0.0550. The minimum atomic E-state index is -0.260. The Bertz CT molecular complexity index is 878. The Morgan fingerprint density at radius 2 is 1.80 bits per heavy atom. The summed E-state index contributed by atoms with van der Waals surface area (Å²) in [5.74, 6) is 1.53. The summed E-state index contributed by atoms with van der Waals surface area (Å²) < 4.78 is 5.78. The predicted octanol–water partition coefficient (Wildman–Crippen LogP) is 6.09. The largest absolute Gasteiger partial charge is 0.483 e. The van der Waals surface area contributed by atoms with Gasteiger partial charge in [0.1, 0.15) is 5.75 Å². The van der Waals surface area contributed by atoms with Crippen molar-refractivity contribution in [2.24, 2.45) is 5.10 Å². The van der Waals surface area contributed by atoms with Crippen LogP contribution in [0.25, 0.3) is 0 Å². The van der Waals surface area contributed by atoms with Crippen molar-refractivity contribution in [2.45, 2.75) is 71.6 Å². The van der Waals surface area contributed by atoms with Crippen LogP contribution >= 0.6 is 0 Å². The van der Waals surface area contributed by atoms with Crippen molar-refractivity contribution in [3.8, 4) is 5.75 Å². The van der Waals surface area contributed by atoms with Gasteiger partial charge in [0.05, 0.1) is 5.71 Å². The second kappa shape index (κ2) is 10.4. The summed E-state index contributed by atoms with van der Waals surface area (Å²) in [7, 11) is 0. The van der Waals surface area contributed by atoms with Crippen LogP contribution in [0.2, 0.25) is 0 Å². The smallest absolute Gasteiger partial charge is 0.277 e. The highest BCUT2D eigenvalue weighted by atomic mass is 16.5. The minimum Gasteiger partial charge on any atom is -0.483 e. The van der Waals surface area contributed by atoms with Crippen LogP contribution in [0, 0.1) is 6.92 Å². The van der Waals surface area contributed by atoms with E-state index in [1.54, 1.807) is 0 Å². The summed E-state index contributed by atoms with van der Waals surface area (Å²) >= 11 is 0. The highest BCUT2D eigenvalue weighted by Crippen LogP contribution is 2.32. The highest BCUT2D eigenvalue weighted by molar-refractivity contribution is 5.99. The molecule has 1 saturated carbocycles. The molecule has 0 saturated heterocycles. The maximum absolute atomic E-state index is 12.2. The highest BCUT2D eigenvalue weighted by Gasteiger charge is 2.15. The maximum Gasteiger partial charge on any atom is 0.277 e. The third kappa shape index (κ3) is 5.94. The molecule has 0 aliphatic heterocycles. The number of aryl methyl sites for hydroxylation is 1.